The zero-order chi connectivity index (χ0) is 11.5. The largest absolute Gasteiger partial charge is 0.377 e. The van der Waals surface area contributed by atoms with Gasteiger partial charge in [-0.3, -0.25) is 11.3 Å². The second-order valence-corrected chi connectivity index (χ2v) is 4.14. The molecule has 3 nitrogen and oxygen atoms in total. The number of hydrogen-bond acceptors (Lipinski definition) is 3. The summed E-state index contributed by atoms with van der Waals surface area (Å²) in [5, 5.41) is 0. The van der Waals surface area contributed by atoms with E-state index in [1.807, 2.05) is 6.92 Å². The van der Waals surface area contributed by atoms with E-state index in [1.54, 1.807) is 0 Å². The van der Waals surface area contributed by atoms with Crippen LogP contribution in [0.15, 0.2) is 0 Å². The molecule has 0 radical (unpaired) electrons. The first kappa shape index (κ1) is 14.9. The Morgan fingerprint density at radius 3 is 2.33 bits per heavy atom. The summed E-state index contributed by atoms with van der Waals surface area (Å²) < 4.78 is 5.53. The fraction of sp³-hybridized carbons (Fsp3) is 1.00. The molecule has 0 rings (SSSR count). The SMILES string of the molecule is CCCCCCCC(NN)C(C)OCC. The van der Waals surface area contributed by atoms with Crippen molar-refractivity contribution in [2.45, 2.75) is 71.4 Å². The average molecular weight is 216 g/mol. The Morgan fingerprint density at radius 2 is 1.80 bits per heavy atom. The molecule has 0 aromatic heterocycles. The van der Waals surface area contributed by atoms with Crippen LogP contribution in [0.2, 0.25) is 0 Å². The fourth-order valence-electron chi connectivity index (χ4n) is 1.80. The number of hydrazine groups is 1. The van der Waals surface area contributed by atoms with Crippen molar-refractivity contribution in [1.29, 1.82) is 0 Å². The van der Waals surface area contributed by atoms with Crippen LogP contribution in [0, 0.1) is 0 Å². The molecular weight excluding hydrogens is 188 g/mol. The van der Waals surface area contributed by atoms with Gasteiger partial charge < -0.3 is 4.74 Å². The Balaban J connectivity index is 3.51. The average Bonchev–Trinajstić information content (AvgIpc) is 2.23. The van der Waals surface area contributed by atoms with Crippen molar-refractivity contribution in [3.63, 3.8) is 0 Å². The molecule has 0 aromatic carbocycles. The summed E-state index contributed by atoms with van der Waals surface area (Å²) in [4.78, 5) is 0. The number of ether oxygens (including phenoxy) is 1. The predicted octanol–water partition coefficient (Wildman–Crippen LogP) is 2.60. The molecule has 15 heavy (non-hydrogen) atoms. The van der Waals surface area contributed by atoms with E-state index in [9.17, 15) is 0 Å². The summed E-state index contributed by atoms with van der Waals surface area (Å²) in [6, 6.07) is 0.298. The van der Waals surface area contributed by atoms with Crippen LogP contribution in [0.4, 0.5) is 0 Å². The highest BCUT2D eigenvalue weighted by Gasteiger charge is 2.14. The molecule has 0 saturated heterocycles. The maximum atomic E-state index is 5.53. The molecule has 92 valence electrons. The van der Waals surface area contributed by atoms with Crippen molar-refractivity contribution in [2.24, 2.45) is 5.84 Å². The molecule has 3 N–H and O–H groups in total. The Kier molecular flexibility index (Phi) is 10.3. The van der Waals surface area contributed by atoms with Gasteiger partial charge in [-0.2, -0.15) is 0 Å². The molecule has 0 aliphatic carbocycles. The first-order valence-corrected chi connectivity index (χ1v) is 6.33. The zero-order valence-corrected chi connectivity index (χ0v) is 10.6. The molecule has 0 bridgehead atoms. The van der Waals surface area contributed by atoms with E-state index in [0.29, 0.717) is 6.04 Å². The van der Waals surface area contributed by atoms with Crippen molar-refractivity contribution in [2.75, 3.05) is 6.61 Å². The third-order valence-electron chi connectivity index (χ3n) is 2.83. The van der Waals surface area contributed by atoms with Crippen LogP contribution in [0.5, 0.6) is 0 Å². The van der Waals surface area contributed by atoms with Gasteiger partial charge >= 0.3 is 0 Å². The molecule has 3 heteroatoms. The summed E-state index contributed by atoms with van der Waals surface area (Å²) >= 11 is 0. The highest BCUT2D eigenvalue weighted by atomic mass is 16.5. The van der Waals surface area contributed by atoms with Crippen LogP contribution in [-0.4, -0.2) is 18.8 Å². The molecule has 0 amide bonds. The van der Waals surface area contributed by atoms with Gasteiger partial charge in [-0.15, -0.1) is 0 Å². The van der Waals surface area contributed by atoms with Crippen LogP contribution >= 0.6 is 0 Å². The van der Waals surface area contributed by atoms with Gasteiger partial charge in [0.15, 0.2) is 0 Å². The van der Waals surface area contributed by atoms with E-state index in [1.165, 1.54) is 32.1 Å². The normalized spacial score (nSPS) is 15.2. The van der Waals surface area contributed by atoms with E-state index in [4.69, 9.17) is 10.6 Å². The number of hydrogen-bond donors (Lipinski definition) is 2. The molecule has 0 spiro atoms. The van der Waals surface area contributed by atoms with Crippen molar-refractivity contribution in [1.82, 2.24) is 5.43 Å². The molecule has 0 fully saturated rings. The summed E-state index contributed by atoms with van der Waals surface area (Å²) in [5.74, 6) is 5.51. The van der Waals surface area contributed by atoms with Gasteiger partial charge in [0.1, 0.15) is 0 Å². The molecule has 0 aliphatic rings. The van der Waals surface area contributed by atoms with Gasteiger partial charge in [0, 0.05) is 12.6 Å². The number of unbranched alkanes of at least 4 members (excludes halogenated alkanes) is 4. The van der Waals surface area contributed by atoms with Crippen molar-refractivity contribution in [3.8, 4) is 0 Å². The molecule has 2 atom stereocenters. The monoisotopic (exact) mass is 216 g/mol. The Morgan fingerprint density at radius 1 is 1.13 bits per heavy atom. The lowest BCUT2D eigenvalue weighted by Crippen LogP contribution is -2.43. The minimum atomic E-state index is 0.214. The standard InChI is InChI=1S/C12H28N2O/c1-4-6-7-8-9-10-12(14-13)11(3)15-5-2/h11-12,14H,4-10,13H2,1-3H3. The second-order valence-electron chi connectivity index (χ2n) is 4.14. The van der Waals surface area contributed by atoms with Gasteiger partial charge in [0.2, 0.25) is 0 Å². The van der Waals surface area contributed by atoms with E-state index < -0.39 is 0 Å². The van der Waals surface area contributed by atoms with Crippen LogP contribution in [0.3, 0.4) is 0 Å². The van der Waals surface area contributed by atoms with Crippen molar-refractivity contribution < 1.29 is 4.74 Å². The zero-order valence-electron chi connectivity index (χ0n) is 10.6. The van der Waals surface area contributed by atoms with E-state index >= 15 is 0 Å². The van der Waals surface area contributed by atoms with Gasteiger partial charge in [0.25, 0.3) is 0 Å². The molecule has 0 saturated carbocycles. The Bertz CT molecular complexity index is 131. The minimum absolute atomic E-state index is 0.214. The maximum Gasteiger partial charge on any atom is 0.0713 e. The molecule has 0 aliphatic heterocycles. The van der Waals surface area contributed by atoms with Gasteiger partial charge in [-0.05, 0) is 20.3 Å². The molecule has 0 heterocycles. The van der Waals surface area contributed by atoms with Crippen LogP contribution in [-0.2, 0) is 4.74 Å². The van der Waals surface area contributed by atoms with Gasteiger partial charge in [0.05, 0.1) is 6.10 Å². The van der Waals surface area contributed by atoms with Crippen molar-refractivity contribution in [3.05, 3.63) is 0 Å². The molecule has 0 aromatic rings. The third kappa shape index (κ3) is 7.77. The second kappa shape index (κ2) is 10.4. The predicted molar refractivity (Wildman–Crippen MR) is 65.6 cm³/mol. The van der Waals surface area contributed by atoms with Crippen LogP contribution < -0.4 is 11.3 Å². The van der Waals surface area contributed by atoms with E-state index in [-0.39, 0.29) is 6.10 Å². The third-order valence-corrected chi connectivity index (χ3v) is 2.83. The molecular formula is C12H28N2O. The van der Waals surface area contributed by atoms with Crippen LogP contribution in [0.25, 0.3) is 0 Å². The lowest BCUT2D eigenvalue weighted by molar-refractivity contribution is 0.0445. The lowest BCUT2D eigenvalue weighted by atomic mass is 10.0. The number of nitrogens with two attached hydrogens (primary N) is 1. The van der Waals surface area contributed by atoms with Gasteiger partial charge in [-0.1, -0.05) is 39.0 Å². The lowest BCUT2D eigenvalue weighted by Gasteiger charge is -2.22. The van der Waals surface area contributed by atoms with Crippen LogP contribution in [0.1, 0.15) is 59.3 Å². The summed E-state index contributed by atoms with van der Waals surface area (Å²) in [6.07, 6.45) is 7.87. The smallest absolute Gasteiger partial charge is 0.0713 e. The Hall–Kier alpha value is -0.120. The summed E-state index contributed by atoms with van der Waals surface area (Å²) in [5.41, 5.74) is 2.85. The topological polar surface area (TPSA) is 47.3 Å². The quantitative estimate of drug-likeness (QED) is 0.335. The Labute approximate surface area is 94.7 Å². The highest BCUT2D eigenvalue weighted by Crippen LogP contribution is 2.10. The first-order valence-electron chi connectivity index (χ1n) is 6.33. The van der Waals surface area contributed by atoms with E-state index in [0.717, 1.165) is 13.0 Å². The highest BCUT2D eigenvalue weighted by molar-refractivity contribution is 4.71. The maximum absolute atomic E-state index is 5.53. The summed E-state index contributed by atoms with van der Waals surface area (Å²) in [6.45, 7) is 7.10. The number of nitrogens with one attached hydrogen (secondary N) is 1. The fourth-order valence-corrected chi connectivity index (χ4v) is 1.80. The van der Waals surface area contributed by atoms with E-state index in [2.05, 4.69) is 19.3 Å². The number of rotatable bonds is 10. The van der Waals surface area contributed by atoms with Gasteiger partial charge in [-0.25, -0.2) is 0 Å². The minimum Gasteiger partial charge on any atom is -0.377 e. The first-order chi connectivity index (χ1) is 7.26. The van der Waals surface area contributed by atoms with Crippen molar-refractivity contribution >= 4 is 0 Å². The molecule has 2 unspecified atom stereocenters. The summed E-state index contributed by atoms with van der Waals surface area (Å²) in [7, 11) is 0.